The number of nitrogen functional groups attached to an aromatic ring is 1. The van der Waals surface area contributed by atoms with Crippen LogP contribution in [0.3, 0.4) is 0 Å². The standard InChI is InChI=1S/C55H65BClN7O15S3/c1-52(2,3)76-48(68)54(7,8)79-61-43(38-30-80-50(58)59-38)39(65)27-37-45(66)64-31-55(49(69)78-56,82-47(37)64)81-26-23-63(51(70)77-53(4,5)6)46(67)42(60-62-21-24-73-25-22-62)36-19-20-40(74-28-32-11-15-34(71-9)16-12-32)44(41(36)57)75-29-33-13-17-35(72-10)18-14-33/h11-20,30,37,47H,21-29,31H2,1-10H3,(H2,58,59)/b60-42-,61-43-/t37-,47-,55-/m1/s1. The number of carbonyl (C=O) groups excluding carboxylic acids is 6. The molecule has 3 aliphatic rings. The number of nitrogens with zero attached hydrogens (tertiary/aromatic N) is 6. The van der Waals surface area contributed by atoms with Crippen molar-refractivity contribution in [3.63, 3.8) is 0 Å². The Morgan fingerprint density at radius 1 is 0.878 bits per heavy atom. The molecule has 7 rings (SSSR count). The van der Waals surface area contributed by atoms with E-state index in [1.807, 2.05) is 24.3 Å². The molecule has 1 aromatic heterocycles. The van der Waals surface area contributed by atoms with Crippen molar-refractivity contribution in [1.82, 2.24) is 19.8 Å². The molecule has 3 aromatic carbocycles. The molecule has 438 valence electrons. The van der Waals surface area contributed by atoms with Crippen LogP contribution in [0.1, 0.15) is 84.2 Å². The molecule has 82 heavy (non-hydrogen) atoms. The lowest BCUT2D eigenvalue weighted by Gasteiger charge is -2.41. The highest BCUT2D eigenvalue weighted by Gasteiger charge is 2.62. The summed E-state index contributed by atoms with van der Waals surface area (Å²) in [4.78, 5) is 96.8. The lowest BCUT2D eigenvalue weighted by molar-refractivity contribution is -0.179. The molecule has 2 radical (unpaired) electrons. The summed E-state index contributed by atoms with van der Waals surface area (Å²) in [6, 6.07) is 17.7. The van der Waals surface area contributed by atoms with Crippen molar-refractivity contribution in [2.45, 2.75) is 101 Å². The highest BCUT2D eigenvalue weighted by atomic mass is 35.5. The Kier molecular flexibility index (Phi) is 20.4. The van der Waals surface area contributed by atoms with Crippen molar-refractivity contribution >= 4 is 107 Å². The fourth-order valence-corrected chi connectivity index (χ4v) is 12.3. The molecular weight excluding hydrogens is 1140 g/mol. The van der Waals surface area contributed by atoms with E-state index in [4.69, 9.17) is 73.1 Å². The Labute approximate surface area is 494 Å². The van der Waals surface area contributed by atoms with Gasteiger partial charge in [-0.05, 0) is 103 Å². The van der Waals surface area contributed by atoms with Crippen LogP contribution < -0.4 is 24.7 Å². The van der Waals surface area contributed by atoms with E-state index < -0.39 is 74.2 Å². The minimum atomic E-state index is -1.64. The van der Waals surface area contributed by atoms with E-state index in [9.17, 15) is 24.0 Å². The Balaban J connectivity index is 1.16. The highest BCUT2D eigenvalue weighted by Crippen LogP contribution is 2.56. The first-order valence-electron chi connectivity index (χ1n) is 25.8. The van der Waals surface area contributed by atoms with E-state index in [0.717, 1.165) is 50.9 Å². The van der Waals surface area contributed by atoms with Crippen molar-refractivity contribution < 1.29 is 71.4 Å². The van der Waals surface area contributed by atoms with Crippen molar-refractivity contribution in [3.8, 4) is 23.0 Å². The lowest BCUT2D eigenvalue weighted by atomic mass is 9.90. The fraction of sp³-hybridized carbons (Fsp3) is 0.473. The maximum atomic E-state index is 15.4. The molecule has 0 bridgehead atoms. The Bertz CT molecular complexity index is 3060. The van der Waals surface area contributed by atoms with Gasteiger partial charge in [0.25, 0.3) is 5.91 Å². The fourth-order valence-electron chi connectivity index (χ4n) is 8.19. The van der Waals surface area contributed by atoms with Crippen LogP contribution in [0, 0.1) is 5.92 Å². The molecule has 3 saturated heterocycles. The highest BCUT2D eigenvalue weighted by molar-refractivity contribution is 8.20. The number of rotatable bonds is 23. The minimum absolute atomic E-state index is 0.0193. The van der Waals surface area contributed by atoms with Gasteiger partial charge in [-0.25, -0.2) is 19.5 Å². The predicted molar refractivity (Wildman–Crippen MR) is 310 cm³/mol. The van der Waals surface area contributed by atoms with Gasteiger partial charge in [0.1, 0.15) is 41.6 Å². The number of ether oxygens (including phenoxy) is 7. The molecule has 4 aromatic rings. The number of aromatic nitrogens is 1. The molecule has 3 atom stereocenters. The van der Waals surface area contributed by atoms with E-state index in [0.29, 0.717) is 24.7 Å². The summed E-state index contributed by atoms with van der Waals surface area (Å²) < 4.78 is 43.5. The number of halogens is 1. The van der Waals surface area contributed by atoms with Gasteiger partial charge in [-0.3, -0.25) is 24.2 Å². The van der Waals surface area contributed by atoms with Gasteiger partial charge in [-0.15, -0.1) is 34.9 Å². The minimum Gasteiger partial charge on any atom is -0.542 e. The number of methoxy groups -OCH3 is 2. The number of hydrazone groups is 1. The number of morpholine rings is 1. The van der Waals surface area contributed by atoms with E-state index >= 15 is 4.79 Å². The van der Waals surface area contributed by atoms with Crippen molar-refractivity contribution in [1.29, 1.82) is 0 Å². The first kappa shape index (κ1) is 62.9. The molecule has 0 saturated carbocycles. The van der Waals surface area contributed by atoms with Crippen LogP contribution >= 0.6 is 46.5 Å². The normalized spacial score (nSPS) is 18.4. The molecule has 3 fully saturated rings. The average molecular weight is 1210 g/mol. The molecule has 0 spiro atoms. The van der Waals surface area contributed by atoms with Crippen LogP contribution in [-0.2, 0) is 60.9 Å². The van der Waals surface area contributed by atoms with Crippen LogP contribution in [0.25, 0.3) is 0 Å². The maximum Gasteiger partial charge on any atom is 0.417 e. The number of thiazole rings is 1. The van der Waals surface area contributed by atoms with Crippen LogP contribution in [0.2, 0.25) is 5.02 Å². The number of hydrogen-bond acceptors (Lipinski definition) is 23. The molecule has 3 amide bonds. The molecule has 0 aliphatic carbocycles. The van der Waals surface area contributed by atoms with Gasteiger partial charge in [0.2, 0.25) is 11.5 Å². The SMILES string of the molecule is [B]OC(=O)[C@@]1(SCCN(C(=O)OC(C)(C)C)C(=O)/C(=N\N2CCOCC2)c2ccc(OCc3ccc(OC)cc3)c(OCc3ccc(OC)cc3)c2Cl)CN2C(=O)[C@@H](CC(=O)/C(=N\OC(C)(C)C(=O)OC(C)(C)C)c3csc(N)n3)[C@H]2S1. The van der Waals surface area contributed by atoms with Crippen molar-refractivity contribution in [3.05, 3.63) is 93.5 Å². The topological polar surface area (TPSA) is 259 Å². The number of carbonyl (C=O) groups is 6. The molecule has 2 N–H and O–H groups in total. The Morgan fingerprint density at radius 3 is 2.05 bits per heavy atom. The smallest absolute Gasteiger partial charge is 0.417 e. The number of oxime groups is 1. The quantitative estimate of drug-likeness (QED) is 0.0249. The van der Waals surface area contributed by atoms with Gasteiger partial charge in [-0.1, -0.05) is 41.0 Å². The van der Waals surface area contributed by atoms with Crippen LogP contribution in [0.5, 0.6) is 23.0 Å². The van der Waals surface area contributed by atoms with E-state index in [-0.39, 0.29) is 89.5 Å². The monoisotopic (exact) mass is 1210 g/mol. The zero-order valence-electron chi connectivity index (χ0n) is 47.1. The second kappa shape index (κ2) is 26.7. The molecule has 3 aliphatic heterocycles. The number of imide groups is 1. The number of ketones is 1. The summed E-state index contributed by atoms with van der Waals surface area (Å²) >= 11 is 10.4. The number of anilines is 1. The van der Waals surface area contributed by atoms with E-state index in [2.05, 4.69) is 10.1 Å². The second-order valence-corrected chi connectivity index (χ2v) is 25.6. The Hall–Kier alpha value is -6.74. The summed E-state index contributed by atoms with van der Waals surface area (Å²) in [5, 5.41) is 11.3. The third-order valence-corrected chi connectivity index (χ3v) is 16.7. The number of thioether (sulfide) groups is 2. The predicted octanol–water partition coefficient (Wildman–Crippen LogP) is 7.44. The van der Waals surface area contributed by atoms with Crippen molar-refractivity contribution in [2.75, 3.05) is 65.1 Å². The van der Waals surface area contributed by atoms with Crippen molar-refractivity contribution in [2.24, 2.45) is 16.2 Å². The number of β-lactam (4-membered cyclic amide) rings is 1. The summed E-state index contributed by atoms with van der Waals surface area (Å²) in [6.45, 7) is 13.5. The average Bonchev–Trinajstić information content (AvgIpc) is 4.19. The van der Waals surface area contributed by atoms with Gasteiger partial charge in [0, 0.05) is 29.7 Å². The van der Waals surface area contributed by atoms with Crippen LogP contribution in [-0.4, -0.2) is 161 Å². The van der Waals surface area contributed by atoms with Gasteiger partial charge >= 0.3 is 26.1 Å². The van der Waals surface area contributed by atoms with Crippen LogP contribution in [0.15, 0.2) is 76.3 Å². The molecule has 27 heteroatoms. The number of hydrogen-bond donors (Lipinski definition) is 1. The zero-order chi connectivity index (χ0) is 59.7. The van der Waals surface area contributed by atoms with E-state index in [1.54, 1.807) is 97.2 Å². The first-order valence-corrected chi connectivity index (χ1v) is 29.0. The summed E-state index contributed by atoms with van der Waals surface area (Å²) in [5.41, 5.74) is 3.51. The number of esters is 1. The largest absolute Gasteiger partial charge is 0.542 e. The number of benzene rings is 3. The molecule has 4 heterocycles. The van der Waals surface area contributed by atoms with E-state index in [1.165, 1.54) is 24.1 Å². The lowest BCUT2D eigenvalue weighted by Crippen LogP contribution is -2.57. The first-order chi connectivity index (χ1) is 38.7. The zero-order valence-corrected chi connectivity index (χ0v) is 50.3. The third kappa shape index (κ3) is 15.7. The molecule has 22 nitrogen and oxygen atoms in total. The molecular formula is C55H65BClN7O15S3. The number of fused-ring (bicyclic) bond motifs is 1. The number of amides is 3. The maximum absolute atomic E-state index is 15.4. The van der Waals surface area contributed by atoms with Gasteiger partial charge in [0.15, 0.2) is 37.9 Å². The summed E-state index contributed by atoms with van der Waals surface area (Å²) in [7, 11) is 8.69. The summed E-state index contributed by atoms with van der Waals surface area (Å²) in [5.74, 6) is -3.18. The second-order valence-electron chi connectivity index (χ2n) is 21.3. The van der Waals surface area contributed by atoms with Gasteiger partial charge in [-0.2, -0.15) is 5.10 Å². The summed E-state index contributed by atoms with van der Waals surface area (Å²) in [6.07, 6.45) is -1.44. The number of nitrogens with two attached hydrogens (primary N) is 1. The van der Waals surface area contributed by atoms with Crippen LogP contribution in [0.4, 0.5) is 9.93 Å². The van der Waals surface area contributed by atoms with Gasteiger partial charge < -0.3 is 53.3 Å². The van der Waals surface area contributed by atoms with Gasteiger partial charge in [0.05, 0.1) is 63.4 Å². The third-order valence-electron chi connectivity index (χ3n) is 12.4. The number of Topliss-reactive ketones (excluding diaryl/α,β-unsaturated/α-hetero) is 1. The molecule has 0 unspecified atom stereocenters. The Morgan fingerprint density at radius 2 is 1.49 bits per heavy atom.